The van der Waals surface area contributed by atoms with Crippen molar-refractivity contribution in [2.45, 2.75) is 44.8 Å². The van der Waals surface area contributed by atoms with Crippen molar-refractivity contribution in [3.8, 4) is 0 Å². The van der Waals surface area contributed by atoms with Crippen LogP contribution in [0.1, 0.15) is 32.6 Å². The lowest BCUT2D eigenvalue weighted by Crippen LogP contribution is -2.45. The van der Waals surface area contributed by atoms with E-state index in [0.717, 1.165) is 12.8 Å². The van der Waals surface area contributed by atoms with Crippen LogP contribution in [0.3, 0.4) is 0 Å². The quantitative estimate of drug-likeness (QED) is 0.253. The van der Waals surface area contributed by atoms with Crippen LogP contribution in [0, 0.1) is 0 Å². The number of phosphoric ester groups is 1. The number of carbonyl (C=O) groups excluding carboxylic acids is 1. The second-order valence-electron chi connectivity index (χ2n) is 6.59. The molecule has 9 heteroatoms. The molecule has 3 N–H and O–H groups in total. The normalized spacial score (nSPS) is 17.5. The van der Waals surface area contributed by atoms with Crippen molar-refractivity contribution in [3.05, 3.63) is 0 Å². The summed E-state index contributed by atoms with van der Waals surface area (Å²) in [5, 5.41) is 17.8. The first-order valence-corrected chi connectivity index (χ1v) is 9.28. The third-order valence-electron chi connectivity index (χ3n) is 3.00. The molecule has 0 radical (unpaired) electrons. The molecule has 0 aliphatic carbocycles. The highest BCUT2D eigenvalue weighted by Crippen LogP contribution is 2.45. The van der Waals surface area contributed by atoms with Crippen molar-refractivity contribution in [3.63, 3.8) is 0 Å². The summed E-state index contributed by atoms with van der Waals surface area (Å²) in [5.74, 6) is -0.243. The third kappa shape index (κ3) is 11.8. The van der Waals surface area contributed by atoms with Gasteiger partial charge < -0.3 is 19.6 Å². The Hall–Kier alpha value is -0.340. The molecular weight excluding hydrogens is 325 g/mol. The summed E-state index contributed by atoms with van der Waals surface area (Å²) in [6.45, 7) is 1.10. The molecule has 0 aromatic carbocycles. The van der Waals surface area contributed by atoms with Crippen molar-refractivity contribution in [1.82, 2.24) is 0 Å². The summed E-state index contributed by atoms with van der Waals surface area (Å²) in [6, 6.07) is 0. The highest BCUT2D eigenvalue weighted by molar-refractivity contribution is 7.47. The van der Waals surface area contributed by atoms with Crippen LogP contribution < -0.4 is 0 Å². The molecular formula is C14H31NO7P+. The molecule has 2 unspecified atom stereocenters. The summed E-state index contributed by atoms with van der Waals surface area (Å²) in [5.41, 5.74) is 0. The van der Waals surface area contributed by atoms with Crippen molar-refractivity contribution < 1.29 is 38.0 Å². The van der Waals surface area contributed by atoms with E-state index in [9.17, 15) is 14.3 Å². The summed E-state index contributed by atoms with van der Waals surface area (Å²) in [4.78, 5) is 22.0. The molecule has 0 saturated carbocycles. The SMILES string of the molecule is CCCCCC(=O)C(C[N+](C)(C)C)OP(=O)(O)OC[C@H](O)CO. The first-order valence-electron chi connectivity index (χ1n) is 7.78. The Morgan fingerprint density at radius 3 is 2.35 bits per heavy atom. The Labute approximate surface area is 138 Å². The van der Waals surface area contributed by atoms with E-state index in [4.69, 9.17) is 14.7 Å². The average Bonchev–Trinajstić information content (AvgIpc) is 2.42. The number of aliphatic hydroxyl groups is 2. The average molecular weight is 356 g/mol. The van der Waals surface area contributed by atoms with E-state index in [1.165, 1.54) is 0 Å². The van der Waals surface area contributed by atoms with E-state index in [2.05, 4.69) is 4.52 Å². The molecule has 0 fully saturated rings. The number of quaternary nitrogens is 1. The molecule has 0 saturated heterocycles. The van der Waals surface area contributed by atoms with E-state index < -0.39 is 33.2 Å². The molecule has 0 aromatic rings. The Morgan fingerprint density at radius 2 is 1.87 bits per heavy atom. The van der Waals surface area contributed by atoms with E-state index >= 15 is 0 Å². The molecule has 3 atom stereocenters. The van der Waals surface area contributed by atoms with Gasteiger partial charge >= 0.3 is 7.82 Å². The van der Waals surface area contributed by atoms with Gasteiger partial charge in [-0.25, -0.2) is 4.57 Å². The zero-order valence-electron chi connectivity index (χ0n) is 14.5. The zero-order chi connectivity index (χ0) is 18.1. The van der Waals surface area contributed by atoms with Gasteiger partial charge in [-0.15, -0.1) is 0 Å². The predicted octanol–water partition coefficient (Wildman–Crippen LogP) is 0.697. The number of rotatable bonds is 13. The van der Waals surface area contributed by atoms with Crippen molar-refractivity contribution in [1.29, 1.82) is 0 Å². The fourth-order valence-electron chi connectivity index (χ4n) is 1.83. The van der Waals surface area contributed by atoms with Gasteiger partial charge in [0.05, 0.1) is 34.4 Å². The van der Waals surface area contributed by atoms with Gasteiger partial charge in [0.2, 0.25) is 0 Å². The molecule has 138 valence electrons. The number of carbonyl (C=O) groups is 1. The smallest absolute Gasteiger partial charge is 0.394 e. The summed E-state index contributed by atoms with van der Waals surface area (Å²) in [7, 11) is 1.03. The fraction of sp³-hybridized carbons (Fsp3) is 0.929. The number of likely N-dealkylation sites (N-methyl/N-ethyl adjacent to an activating group) is 1. The standard InChI is InChI=1S/C14H30NO7P/c1-5-6-7-8-13(18)14(9-15(2,3)4)22-23(19,20)21-11-12(17)10-16/h12,14,16-17H,5-11H2,1-4H3/p+1/t12-,14?/m1/s1. The van der Waals surface area contributed by atoms with Gasteiger partial charge in [-0.3, -0.25) is 13.8 Å². The molecule has 0 aliphatic rings. The molecule has 0 amide bonds. The zero-order valence-corrected chi connectivity index (χ0v) is 15.4. The van der Waals surface area contributed by atoms with Crippen LogP contribution in [0.5, 0.6) is 0 Å². The monoisotopic (exact) mass is 356 g/mol. The van der Waals surface area contributed by atoms with Gasteiger partial charge in [0, 0.05) is 6.42 Å². The maximum absolute atomic E-state index is 12.3. The predicted molar refractivity (Wildman–Crippen MR) is 85.8 cm³/mol. The lowest BCUT2D eigenvalue weighted by atomic mass is 10.1. The third-order valence-corrected chi connectivity index (χ3v) is 4.00. The summed E-state index contributed by atoms with van der Waals surface area (Å²) >= 11 is 0. The molecule has 0 aromatic heterocycles. The summed E-state index contributed by atoms with van der Waals surface area (Å²) < 4.78 is 22.0. The van der Waals surface area contributed by atoms with Gasteiger partial charge in [0.25, 0.3) is 0 Å². The molecule has 23 heavy (non-hydrogen) atoms. The first kappa shape index (κ1) is 22.7. The van der Waals surface area contributed by atoms with Gasteiger partial charge in [0.1, 0.15) is 12.6 Å². The largest absolute Gasteiger partial charge is 0.473 e. The minimum atomic E-state index is -4.50. The van der Waals surface area contributed by atoms with E-state index in [-0.39, 0.29) is 18.7 Å². The molecule has 8 nitrogen and oxygen atoms in total. The van der Waals surface area contributed by atoms with Gasteiger partial charge in [-0.2, -0.15) is 0 Å². The Balaban J connectivity index is 4.78. The van der Waals surface area contributed by atoms with Crippen molar-refractivity contribution in [2.75, 3.05) is 40.9 Å². The second kappa shape index (κ2) is 10.5. The summed E-state index contributed by atoms with van der Waals surface area (Å²) in [6.07, 6.45) is 0.502. The Kier molecular flexibility index (Phi) is 10.4. The Morgan fingerprint density at radius 1 is 1.26 bits per heavy atom. The van der Waals surface area contributed by atoms with Crippen LogP contribution in [0.25, 0.3) is 0 Å². The van der Waals surface area contributed by atoms with E-state index in [1.54, 1.807) is 0 Å². The maximum Gasteiger partial charge on any atom is 0.473 e. The first-order chi connectivity index (χ1) is 10.5. The molecule has 0 bridgehead atoms. The van der Waals surface area contributed by atoms with Crippen molar-refractivity contribution >= 4 is 13.6 Å². The number of unbranched alkanes of at least 4 members (excludes halogenated alkanes) is 2. The second-order valence-corrected chi connectivity index (χ2v) is 8.00. The van der Waals surface area contributed by atoms with Crippen LogP contribution in [0.4, 0.5) is 0 Å². The molecule has 0 heterocycles. The Bertz CT molecular complexity index is 397. The minimum Gasteiger partial charge on any atom is -0.394 e. The number of hydrogen-bond acceptors (Lipinski definition) is 6. The fourth-order valence-corrected chi connectivity index (χ4v) is 2.75. The van der Waals surface area contributed by atoms with Crippen LogP contribution in [-0.4, -0.2) is 78.5 Å². The van der Waals surface area contributed by atoms with Crippen LogP contribution >= 0.6 is 7.82 Å². The minimum absolute atomic E-state index is 0.224. The maximum atomic E-state index is 12.3. The van der Waals surface area contributed by atoms with E-state index in [1.807, 2.05) is 28.1 Å². The number of aliphatic hydroxyl groups excluding tert-OH is 2. The topological polar surface area (TPSA) is 113 Å². The van der Waals surface area contributed by atoms with Crippen molar-refractivity contribution in [2.24, 2.45) is 0 Å². The van der Waals surface area contributed by atoms with Crippen LogP contribution in [-0.2, 0) is 18.4 Å². The number of hydrogen-bond donors (Lipinski definition) is 3. The van der Waals surface area contributed by atoms with E-state index in [0.29, 0.717) is 10.9 Å². The highest BCUT2D eigenvalue weighted by Gasteiger charge is 2.34. The van der Waals surface area contributed by atoms with Gasteiger partial charge in [-0.1, -0.05) is 19.8 Å². The molecule has 0 aliphatic heterocycles. The molecule has 0 spiro atoms. The van der Waals surface area contributed by atoms with Crippen LogP contribution in [0.15, 0.2) is 0 Å². The lowest BCUT2D eigenvalue weighted by molar-refractivity contribution is -0.872. The number of phosphoric acid groups is 1. The van der Waals surface area contributed by atoms with Gasteiger partial charge in [-0.05, 0) is 6.42 Å². The lowest BCUT2D eigenvalue weighted by Gasteiger charge is -2.29. The van der Waals surface area contributed by atoms with Crippen LogP contribution in [0.2, 0.25) is 0 Å². The number of nitrogens with zero attached hydrogens (tertiary/aromatic N) is 1. The molecule has 0 rings (SSSR count). The highest BCUT2D eigenvalue weighted by atomic mass is 31.2. The van der Waals surface area contributed by atoms with Gasteiger partial charge in [0.15, 0.2) is 11.9 Å². The number of Topliss-reactive ketones (excluding diaryl/α,β-unsaturated/α-hetero) is 1. The number of ketones is 1.